The van der Waals surface area contributed by atoms with E-state index >= 15 is 0 Å². The van der Waals surface area contributed by atoms with Crippen LogP contribution in [0.5, 0.6) is 17.2 Å². The number of halogens is 1. The number of para-hydroxylation sites is 1. The molecule has 170 valence electrons. The van der Waals surface area contributed by atoms with Crippen molar-refractivity contribution in [2.45, 2.75) is 6.61 Å². The maximum absolute atomic E-state index is 12.1. The third-order valence-electron chi connectivity index (χ3n) is 4.43. The lowest BCUT2D eigenvalue weighted by Gasteiger charge is -2.13. The second-order valence-electron chi connectivity index (χ2n) is 6.68. The van der Waals surface area contributed by atoms with E-state index in [0.29, 0.717) is 35.1 Å². The van der Waals surface area contributed by atoms with Crippen molar-refractivity contribution in [2.75, 3.05) is 19.5 Å². The van der Waals surface area contributed by atoms with Crippen molar-refractivity contribution < 1.29 is 23.8 Å². The van der Waals surface area contributed by atoms with Gasteiger partial charge in [-0.1, -0.05) is 40.2 Å². The molecule has 0 saturated heterocycles. The Morgan fingerprint density at radius 2 is 1.73 bits per heavy atom. The van der Waals surface area contributed by atoms with Crippen molar-refractivity contribution in [2.24, 2.45) is 5.10 Å². The highest BCUT2D eigenvalue weighted by molar-refractivity contribution is 9.10. The first-order chi connectivity index (χ1) is 16.0. The number of rotatable bonds is 8. The van der Waals surface area contributed by atoms with Gasteiger partial charge < -0.3 is 19.5 Å². The number of carbonyl (C=O) groups excluding carboxylic acids is 2. The molecule has 3 aromatic rings. The van der Waals surface area contributed by atoms with Crippen LogP contribution in [-0.2, 0) is 16.2 Å². The maximum Gasteiger partial charge on any atom is 0.329 e. The van der Waals surface area contributed by atoms with Crippen LogP contribution in [-0.4, -0.2) is 32.2 Å². The summed E-state index contributed by atoms with van der Waals surface area (Å²) >= 11 is 3.40. The first-order valence-corrected chi connectivity index (χ1v) is 10.6. The predicted molar refractivity (Wildman–Crippen MR) is 129 cm³/mol. The Morgan fingerprint density at radius 1 is 0.970 bits per heavy atom. The molecule has 0 atom stereocenters. The molecule has 0 aliphatic heterocycles. The van der Waals surface area contributed by atoms with Gasteiger partial charge in [0.2, 0.25) is 0 Å². The van der Waals surface area contributed by atoms with Gasteiger partial charge in [0.15, 0.2) is 11.5 Å². The molecule has 0 unspecified atom stereocenters. The molecular formula is C24H22BrN3O5. The second-order valence-corrected chi connectivity index (χ2v) is 7.59. The van der Waals surface area contributed by atoms with Gasteiger partial charge in [-0.05, 0) is 42.0 Å². The fourth-order valence-electron chi connectivity index (χ4n) is 2.79. The summed E-state index contributed by atoms with van der Waals surface area (Å²) in [5, 5.41) is 6.37. The fourth-order valence-corrected chi connectivity index (χ4v) is 3.05. The van der Waals surface area contributed by atoms with Crippen LogP contribution in [0.15, 0.2) is 76.3 Å². The minimum Gasteiger partial charge on any atom is -0.497 e. The first kappa shape index (κ1) is 23.8. The Kier molecular flexibility index (Phi) is 8.43. The zero-order valence-corrected chi connectivity index (χ0v) is 19.6. The van der Waals surface area contributed by atoms with E-state index in [-0.39, 0.29) is 0 Å². The van der Waals surface area contributed by atoms with E-state index in [1.807, 2.05) is 24.3 Å². The van der Waals surface area contributed by atoms with E-state index in [4.69, 9.17) is 14.2 Å². The van der Waals surface area contributed by atoms with Gasteiger partial charge >= 0.3 is 11.8 Å². The molecule has 0 saturated carbocycles. The molecule has 0 radical (unpaired) electrons. The van der Waals surface area contributed by atoms with Crippen LogP contribution < -0.4 is 25.0 Å². The molecule has 2 amide bonds. The van der Waals surface area contributed by atoms with Crippen LogP contribution in [0.3, 0.4) is 0 Å². The van der Waals surface area contributed by atoms with Crippen LogP contribution in [0.25, 0.3) is 0 Å². The average Bonchev–Trinajstić information content (AvgIpc) is 2.84. The van der Waals surface area contributed by atoms with E-state index in [2.05, 4.69) is 31.8 Å². The number of nitrogens with one attached hydrogen (secondary N) is 2. The van der Waals surface area contributed by atoms with Gasteiger partial charge in [-0.2, -0.15) is 5.10 Å². The van der Waals surface area contributed by atoms with E-state index in [1.54, 1.807) is 42.5 Å². The summed E-state index contributed by atoms with van der Waals surface area (Å²) in [5.74, 6) is -0.258. The summed E-state index contributed by atoms with van der Waals surface area (Å²) in [4.78, 5) is 24.2. The Hall–Kier alpha value is -3.85. The summed E-state index contributed by atoms with van der Waals surface area (Å²) < 4.78 is 17.4. The predicted octanol–water partition coefficient (Wildman–Crippen LogP) is 4.13. The van der Waals surface area contributed by atoms with Crippen molar-refractivity contribution in [3.8, 4) is 17.2 Å². The Balaban J connectivity index is 1.65. The van der Waals surface area contributed by atoms with Crippen molar-refractivity contribution in [1.29, 1.82) is 0 Å². The molecular weight excluding hydrogens is 490 g/mol. The topological polar surface area (TPSA) is 98.2 Å². The van der Waals surface area contributed by atoms with Gasteiger partial charge in [0, 0.05) is 21.8 Å². The zero-order chi connectivity index (χ0) is 23.6. The van der Waals surface area contributed by atoms with Crippen molar-refractivity contribution in [3.05, 3.63) is 82.3 Å². The maximum atomic E-state index is 12.1. The van der Waals surface area contributed by atoms with Crippen molar-refractivity contribution in [3.63, 3.8) is 0 Å². The minimum absolute atomic E-state index is 0.309. The minimum atomic E-state index is -0.922. The summed E-state index contributed by atoms with van der Waals surface area (Å²) in [7, 11) is 3.05. The number of hydrogen-bond donors (Lipinski definition) is 2. The number of hydrogen-bond acceptors (Lipinski definition) is 6. The Labute approximate surface area is 199 Å². The molecule has 8 nitrogen and oxygen atoms in total. The summed E-state index contributed by atoms with van der Waals surface area (Å²) in [6, 6.07) is 19.7. The molecule has 0 heterocycles. The average molecular weight is 512 g/mol. The van der Waals surface area contributed by atoms with E-state index in [1.165, 1.54) is 20.4 Å². The number of benzene rings is 3. The highest BCUT2D eigenvalue weighted by Gasteiger charge is 2.14. The lowest BCUT2D eigenvalue weighted by Crippen LogP contribution is -2.32. The molecule has 0 fully saturated rings. The quantitative estimate of drug-likeness (QED) is 0.269. The SMILES string of the molecule is COc1cccc(NC(=O)C(=O)N/N=C\c2cccc(OC)c2OCc2ccc(Br)cc2)c1. The normalized spacial score (nSPS) is 10.5. The molecule has 9 heteroatoms. The van der Waals surface area contributed by atoms with Crippen molar-refractivity contribution >= 4 is 39.6 Å². The van der Waals surface area contributed by atoms with E-state index in [9.17, 15) is 9.59 Å². The first-order valence-electron chi connectivity index (χ1n) is 9.83. The molecule has 2 N–H and O–H groups in total. The summed E-state index contributed by atoms with van der Waals surface area (Å²) in [6.07, 6.45) is 1.39. The third-order valence-corrected chi connectivity index (χ3v) is 4.96. The van der Waals surface area contributed by atoms with Crippen LogP contribution >= 0.6 is 15.9 Å². The monoisotopic (exact) mass is 511 g/mol. The molecule has 0 aromatic heterocycles. The largest absolute Gasteiger partial charge is 0.497 e. The number of ether oxygens (including phenoxy) is 3. The van der Waals surface area contributed by atoms with Crippen molar-refractivity contribution in [1.82, 2.24) is 5.43 Å². The standard InChI is InChI=1S/C24H22BrN3O5/c1-31-20-7-4-6-19(13-20)27-23(29)24(30)28-26-14-17-5-3-8-21(32-2)22(17)33-15-16-9-11-18(25)12-10-16/h3-14H,15H2,1-2H3,(H,27,29)(H,28,30)/b26-14-. The molecule has 0 aliphatic rings. The van der Waals surface area contributed by atoms with Crippen LogP contribution in [0, 0.1) is 0 Å². The molecule has 33 heavy (non-hydrogen) atoms. The fraction of sp³-hybridized carbons (Fsp3) is 0.125. The highest BCUT2D eigenvalue weighted by atomic mass is 79.9. The summed E-state index contributed by atoms with van der Waals surface area (Å²) in [5.41, 5.74) is 4.17. The highest BCUT2D eigenvalue weighted by Crippen LogP contribution is 2.31. The van der Waals surface area contributed by atoms with Gasteiger partial charge in [-0.15, -0.1) is 0 Å². The van der Waals surface area contributed by atoms with Crippen LogP contribution in [0.1, 0.15) is 11.1 Å². The van der Waals surface area contributed by atoms with E-state index in [0.717, 1.165) is 10.0 Å². The molecule has 3 aromatic carbocycles. The lowest BCUT2D eigenvalue weighted by molar-refractivity contribution is -0.136. The third kappa shape index (κ3) is 6.81. The molecule has 0 bridgehead atoms. The van der Waals surface area contributed by atoms with Crippen LogP contribution in [0.4, 0.5) is 5.69 Å². The number of methoxy groups -OCH3 is 2. The molecule has 0 spiro atoms. The van der Waals surface area contributed by atoms with Gasteiger partial charge in [0.1, 0.15) is 12.4 Å². The van der Waals surface area contributed by atoms with Crippen LogP contribution in [0.2, 0.25) is 0 Å². The number of anilines is 1. The Bertz CT molecular complexity index is 1150. The lowest BCUT2D eigenvalue weighted by atomic mass is 10.2. The molecule has 0 aliphatic carbocycles. The zero-order valence-electron chi connectivity index (χ0n) is 18.0. The van der Waals surface area contributed by atoms with Gasteiger partial charge in [-0.25, -0.2) is 5.43 Å². The smallest absolute Gasteiger partial charge is 0.329 e. The van der Waals surface area contributed by atoms with E-state index < -0.39 is 11.8 Å². The van der Waals surface area contributed by atoms with Gasteiger partial charge in [0.25, 0.3) is 0 Å². The number of carbonyl (C=O) groups is 2. The molecule has 3 rings (SSSR count). The Morgan fingerprint density at radius 3 is 2.45 bits per heavy atom. The number of amides is 2. The summed E-state index contributed by atoms with van der Waals surface area (Å²) in [6.45, 7) is 0.309. The number of nitrogens with zero attached hydrogens (tertiary/aromatic N) is 1. The van der Waals surface area contributed by atoms with Gasteiger partial charge in [-0.3, -0.25) is 9.59 Å². The number of hydrazone groups is 1. The second kappa shape index (κ2) is 11.7. The van der Waals surface area contributed by atoms with Gasteiger partial charge in [0.05, 0.1) is 20.4 Å².